The molecule has 0 aromatic heterocycles. The van der Waals surface area contributed by atoms with Crippen molar-refractivity contribution in [2.45, 2.75) is 32.6 Å². The lowest BCUT2D eigenvalue weighted by molar-refractivity contribution is -0.138. The second-order valence-corrected chi connectivity index (χ2v) is 4.55. The van der Waals surface area contributed by atoms with E-state index in [-0.39, 0.29) is 6.42 Å². The summed E-state index contributed by atoms with van der Waals surface area (Å²) in [5, 5.41) is 18.4. The highest BCUT2D eigenvalue weighted by molar-refractivity contribution is 5.69. The fourth-order valence-electron chi connectivity index (χ4n) is 1.68. The minimum Gasteiger partial charge on any atom is -0.505 e. The fraction of sp³-hybridized carbons (Fsp3) is 0.417. The van der Waals surface area contributed by atoms with Gasteiger partial charge in [-0.2, -0.15) is 0 Å². The maximum atomic E-state index is 13.5. The summed E-state index contributed by atoms with van der Waals surface area (Å²) in [5.41, 5.74) is -0.143. The van der Waals surface area contributed by atoms with Crippen LogP contribution in [0, 0.1) is 12.7 Å². The van der Waals surface area contributed by atoms with E-state index < -0.39 is 23.0 Å². The Morgan fingerprint density at radius 3 is 2.50 bits per heavy atom. The molecule has 0 fully saturated rings. The predicted octanol–water partition coefficient (Wildman–Crippen LogP) is 2.59. The number of aromatic hydroxyl groups is 1. The molecule has 4 heteroatoms. The van der Waals surface area contributed by atoms with Crippen LogP contribution in [0.4, 0.5) is 4.39 Å². The Labute approximate surface area is 93.5 Å². The van der Waals surface area contributed by atoms with E-state index in [9.17, 15) is 14.3 Å². The predicted molar refractivity (Wildman–Crippen MR) is 58.1 cm³/mol. The molecule has 1 aromatic carbocycles. The molecule has 0 bridgehead atoms. The van der Waals surface area contributed by atoms with Gasteiger partial charge in [-0.05, 0) is 12.5 Å². The van der Waals surface area contributed by atoms with Crippen LogP contribution in [-0.2, 0) is 10.2 Å². The Balaban J connectivity index is 3.23. The third-order valence-electron chi connectivity index (χ3n) is 2.63. The number of hydrogen-bond acceptors (Lipinski definition) is 2. The Hall–Kier alpha value is -1.58. The van der Waals surface area contributed by atoms with Gasteiger partial charge in [-0.1, -0.05) is 26.0 Å². The summed E-state index contributed by atoms with van der Waals surface area (Å²) >= 11 is 0. The topological polar surface area (TPSA) is 57.5 Å². The molecule has 0 aliphatic carbocycles. The number of carboxylic acid groups (broad SMARTS) is 1. The molecular formula is C12H15FO3. The molecule has 0 heterocycles. The van der Waals surface area contributed by atoms with Crippen molar-refractivity contribution in [3.8, 4) is 5.75 Å². The van der Waals surface area contributed by atoms with Crippen molar-refractivity contribution in [1.29, 1.82) is 0 Å². The maximum absolute atomic E-state index is 13.5. The highest BCUT2D eigenvalue weighted by atomic mass is 19.1. The number of phenolic OH excluding ortho intramolecular Hbond substituents is 1. The first kappa shape index (κ1) is 12.5. The Morgan fingerprint density at radius 2 is 2.00 bits per heavy atom. The third-order valence-corrected chi connectivity index (χ3v) is 2.63. The quantitative estimate of drug-likeness (QED) is 0.832. The molecule has 2 N–H and O–H groups in total. The number of aryl methyl sites for hydroxylation is 1. The van der Waals surface area contributed by atoms with Crippen LogP contribution in [0.3, 0.4) is 0 Å². The van der Waals surface area contributed by atoms with Crippen molar-refractivity contribution in [2.24, 2.45) is 0 Å². The number of aliphatic carboxylic acids is 1. The maximum Gasteiger partial charge on any atom is 0.304 e. The van der Waals surface area contributed by atoms with Gasteiger partial charge >= 0.3 is 5.97 Å². The zero-order chi connectivity index (χ0) is 12.5. The van der Waals surface area contributed by atoms with Gasteiger partial charge in [-0.3, -0.25) is 4.79 Å². The summed E-state index contributed by atoms with van der Waals surface area (Å²) in [4.78, 5) is 10.7. The molecule has 0 saturated carbocycles. The first-order chi connectivity index (χ1) is 7.25. The van der Waals surface area contributed by atoms with Crippen molar-refractivity contribution in [3.63, 3.8) is 0 Å². The molecule has 0 aliphatic rings. The van der Waals surface area contributed by atoms with Gasteiger partial charge in [0.15, 0.2) is 11.6 Å². The molecule has 0 aliphatic heterocycles. The first-order valence-electron chi connectivity index (χ1n) is 4.96. The van der Waals surface area contributed by atoms with Crippen LogP contribution in [0.1, 0.15) is 31.4 Å². The molecule has 0 atom stereocenters. The number of carboxylic acids is 1. The number of benzene rings is 1. The summed E-state index contributed by atoms with van der Waals surface area (Å²) in [5.74, 6) is -2.12. The van der Waals surface area contributed by atoms with Crippen molar-refractivity contribution < 1.29 is 19.4 Å². The van der Waals surface area contributed by atoms with Crippen LogP contribution < -0.4 is 0 Å². The Kier molecular flexibility index (Phi) is 3.21. The third kappa shape index (κ3) is 2.32. The van der Waals surface area contributed by atoms with E-state index in [0.717, 1.165) is 0 Å². The smallest absolute Gasteiger partial charge is 0.304 e. The highest BCUT2D eigenvalue weighted by Gasteiger charge is 2.28. The molecule has 88 valence electrons. The molecule has 3 nitrogen and oxygen atoms in total. The molecule has 0 unspecified atom stereocenters. The standard InChI is InChI=1S/C12H15FO3/c1-7-4-5-8(11(16)10(7)13)12(2,3)6-9(14)15/h4-5,16H,6H2,1-3H3,(H,14,15). The molecule has 0 saturated heterocycles. The summed E-state index contributed by atoms with van der Waals surface area (Å²) < 4.78 is 13.5. The zero-order valence-electron chi connectivity index (χ0n) is 9.54. The minimum absolute atomic E-state index is 0.164. The van der Waals surface area contributed by atoms with E-state index in [1.165, 1.54) is 6.07 Å². The van der Waals surface area contributed by atoms with Crippen molar-refractivity contribution in [1.82, 2.24) is 0 Å². The normalized spacial score (nSPS) is 11.5. The summed E-state index contributed by atoms with van der Waals surface area (Å²) in [6.45, 7) is 4.86. The fourth-order valence-corrected chi connectivity index (χ4v) is 1.68. The van der Waals surface area contributed by atoms with Crippen molar-refractivity contribution >= 4 is 5.97 Å². The number of carbonyl (C=O) groups is 1. The number of hydrogen-bond donors (Lipinski definition) is 2. The van der Waals surface area contributed by atoms with Gasteiger partial charge in [-0.25, -0.2) is 4.39 Å². The summed E-state index contributed by atoms with van der Waals surface area (Å²) in [6, 6.07) is 3.10. The van der Waals surface area contributed by atoms with Crippen LogP contribution in [0.5, 0.6) is 5.75 Å². The second kappa shape index (κ2) is 4.12. The van der Waals surface area contributed by atoms with E-state index in [4.69, 9.17) is 5.11 Å². The van der Waals surface area contributed by atoms with Crippen LogP contribution in [0.2, 0.25) is 0 Å². The summed E-state index contributed by atoms with van der Waals surface area (Å²) in [7, 11) is 0. The zero-order valence-corrected chi connectivity index (χ0v) is 9.54. The molecule has 0 radical (unpaired) electrons. The average Bonchev–Trinajstić information content (AvgIpc) is 2.11. The van der Waals surface area contributed by atoms with Gasteiger partial charge in [0.25, 0.3) is 0 Å². The summed E-state index contributed by atoms with van der Waals surface area (Å²) in [6.07, 6.45) is -0.164. The van der Waals surface area contributed by atoms with Gasteiger partial charge < -0.3 is 10.2 Å². The van der Waals surface area contributed by atoms with Gasteiger partial charge in [-0.15, -0.1) is 0 Å². The van der Waals surface area contributed by atoms with E-state index in [1.54, 1.807) is 26.8 Å². The highest BCUT2D eigenvalue weighted by Crippen LogP contribution is 2.36. The van der Waals surface area contributed by atoms with E-state index in [2.05, 4.69) is 0 Å². The lowest BCUT2D eigenvalue weighted by Gasteiger charge is -2.24. The van der Waals surface area contributed by atoms with Crippen LogP contribution in [0.15, 0.2) is 12.1 Å². The monoisotopic (exact) mass is 226 g/mol. The largest absolute Gasteiger partial charge is 0.505 e. The molecule has 0 amide bonds. The molecule has 1 rings (SSSR count). The minimum atomic E-state index is -0.981. The van der Waals surface area contributed by atoms with E-state index in [1.807, 2.05) is 0 Å². The average molecular weight is 226 g/mol. The number of rotatable bonds is 3. The van der Waals surface area contributed by atoms with Crippen molar-refractivity contribution in [3.05, 3.63) is 29.1 Å². The van der Waals surface area contributed by atoms with Gasteiger partial charge in [0.05, 0.1) is 6.42 Å². The lowest BCUT2D eigenvalue weighted by atomic mass is 9.80. The SMILES string of the molecule is Cc1ccc(C(C)(C)CC(=O)O)c(O)c1F. The number of halogens is 1. The second-order valence-electron chi connectivity index (χ2n) is 4.55. The Bertz CT molecular complexity index is 425. The van der Waals surface area contributed by atoms with Crippen LogP contribution >= 0.6 is 0 Å². The number of phenols is 1. The Morgan fingerprint density at radius 1 is 1.44 bits per heavy atom. The van der Waals surface area contributed by atoms with Crippen molar-refractivity contribution in [2.75, 3.05) is 0 Å². The first-order valence-corrected chi connectivity index (χ1v) is 4.96. The molecule has 1 aromatic rings. The lowest BCUT2D eigenvalue weighted by Crippen LogP contribution is -2.22. The molecular weight excluding hydrogens is 211 g/mol. The van der Waals surface area contributed by atoms with E-state index >= 15 is 0 Å². The van der Waals surface area contributed by atoms with Gasteiger partial charge in [0, 0.05) is 11.0 Å². The van der Waals surface area contributed by atoms with E-state index in [0.29, 0.717) is 11.1 Å². The van der Waals surface area contributed by atoms with Crippen LogP contribution in [0.25, 0.3) is 0 Å². The molecule has 16 heavy (non-hydrogen) atoms. The molecule has 0 spiro atoms. The van der Waals surface area contributed by atoms with Crippen LogP contribution in [-0.4, -0.2) is 16.2 Å². The van der Waals surface area contributed by atoms with Gasteiger partial charge in [0.1, 0.15) is 0 Å². The van der Waals surface area contributed by atoms with Gasteiger partial charge in [0.2, 0.25) is 0 Å².